The molecule has 6 heteroatoms. The van der Waals surface area contributed by atoms with Gasteiger partial charge >= 0.3 is 0 Å². The van der Waals surface area contributed by atoms with E-state index in [1.165, 1.54) is 24.2 Å². The molecule has 1 fully saturated rings. The van der Waals surface area contributed by atoms with Gasteiger partial charge in [0, 0.05) is 26.2 Å². The van der Waals surface area contributed by atoms with Crippen LogP contribution in [0.3, 0.4) is 0 Å². The highest BCUT2D eigenvalue weighted by atomic mass is 127. The summed E-state index contributed by atoms with van der Waals surface area (Å²) in [5, 5.41) is 13.2. The molecule has 0 aliphatic heterocycles. The van der Waals surface area contributed by atoms with Crippen molar-refractivity contribution < 1.29 is 0 Å². The third-order valence-corrected chi connectivity index (χ3v) is 4.15. The monoisotopic (exact) mass is 357 g/mol. The van der Waals surface area contributed by atoms with Gasteiger partial charge in [-0.25, -0.2) is 0 Å². The van der Waals surface area contributed by atoms with E-state index in [4.69, 9.17) is 0 Å². The Labute approximate surface area is 120 Å². The Hall–Kier alpha value is -0.920. The summed E-state index contributed by atoms with van der Waals surface area (Å²) in [6, 6.07) is 2.21. The van der Waals surface area contributed by atoms with Crippen molar-refractivity contribution in [1.29, 1.82) is 0 Å². The van der Waals surface area contributed by atoms with Crippen LogP contribution >= 0.6 is 22.6 Å². The van der Waals surface area contributed by atoms with E-state index in [1.54, 1.807) is 4.80 Å². The molecule has 1 aliphatic carbocycles. The summed E-state index contributed by atoms with van der Waals surface area (Å²) < 4.78 is 2.95. The van der Waals surface area contributed by atoms with Gasteiger partial charge in [0.1, 0.15) is 9.39 Å². The number of hydrogen-bond acceptors (Lipinski definition) is 3. The van der Waals surface area contributed by atoms with Gasteiger partial charge in [-0.15, -0.1) is 5.10 Å². The highest BCUT2D eigenvalue weighted by molar-refractivity contribution is 14.1. The van der Waals surface area contributed by atoms with Crippen molar-refractivity contribution in [3.63, 3.8) is 0 Å². The minimum atomic E-state index is 0.806. The average Bonchev–Trinajstić information content (AvgIpc) is 2.95. The zero-order valence-corrected chi connectivity index (χ0v) is 12.8. The molecule has 0 saturated heterocycles. The van der Waals surface area contributed by atoms with E-state index in [0.29, 0.717) is 0 Å². The normalized spacial score (nSPS) is 15.3. The van der Waals surface area contributed by atoms with Gasteiger partial charge in [0.05, 0.1) is 5.69 Å². The average molecular weight is 357 g/mol. The first-order valence-corrected chi connectivity index (χ1v) is 7.27. The Balaban J connectivity index is 1.78. The fourth-order valence-electron chi connectivity index (χ4n) is 2.16. The molecule has 0 bridgehead atoms. The molecule has 2 heterocycles. The largest absolute Gasteiger partial charge is 0.272 e. The van der Waals surface area contributed by atoms with Crippen molar-refractivity contribution in [2.75, 3.05) is 0 Å². The zero-order chi connectivity index (χ0) is 12.7. The summed E-state index contributed by atoms with van der Waals surface area (Å²) in [7, 11) is 3.86. The van der Waals surface area contributed by atoms with E-state index in [9.17, 15) is 0 Å². The molecule has 0 unspecified atom stereocenters. The van der Waals surface area contributed by atoms with Gasteiger partial charge in [-0.3, -0.25) is 4.68 Å². The number of hydrogen-bond donors (Lipinski definition) is 0. The highest BCUT2D eigenvalue weighted by Gasteiger charge is 2.23. The molecule has 0 N–H and O–H groups in total. The van der Waals surface area contributed by atoms with Crippen LogP contribution in [0.1, 0.15) is 29.9 Å². The van der Waals surface area contributed by atoms with Crippen LogP contribution in [0.15, 0.2) is 6.07 Å². The second-order valence-electron chi connectivity index (χ2n) is 5.00. The Morgan fingerprint density at radius 1 is 1.28 bits per heavy atom. The van der Waals surface area contributed by atoms with Gasteiger partial charge in [0.2, 0.25) is 0 Å². The van der Waals surface area contributed by atoms with Crippen molar-refractivity contribution >= 4 is 22.6 Å². The Bertz CT molecular complexity index is 567. The lowest BCUT2D eigenvalue weighted by atomic mass is 10.2. The molecule has 2 aromatic heterocycles. The Morgan fingerprint density at radius 3 is 2.67 bits per heavy atom. The van der Waals surface area contributed by atoms with Crippen molar-refractivity contribution in [3.05, 3.63) is 26.8 Å². The minimum absolute atomic E-state index is 0.806. The van der Waals surface area contributed by atoms with Crippen LogP contribution in [0.4, 0.5) is 0 Å². The third-order valence-electron chi connectivity index (χ3n) is 3.31. The van der Waals surface area contributed by atoms with Crippen LogP contribution in [0.2, 0.25) is 0 Å². The predicted molar refractivity (Wildman–Crippen MR) is 76.2 cm³/mol. The Morgan fingerprint density at radius 2 is 2.06 bits per heavy atom. The van der Waals surface area contributed by atoms with Crippen molar-refractivity contribution in [1.82, 2.24) is 24.8 Å². The molecule has 2 aromatic rings. The molecule has 1 aliphatic rings. The molecular weight excluding hydrogens is 341 g/mol. The number of rotatable bonds is 4. The van der Waals surface area contributed by atoms with Gasteiger partial charge in [-0.05, 0) is 53.8 Å². The van der Waals surface area contributed by atoms with Crippen LogP contribution in [-0.2, 0) is 26.9 Å². The van der Waals surface area contributed by atoms with Gasteiger partial charge in [-0.2, -0.15) is 15.0 Å². The summed E-state index contributed by atoms with van der Waals surface area (Å²) in [5.74, 6) is 0.879. The molecule has 0 amide bonds. The maximum absolute atomic E-state index is 4.58. The van der Waals surface area contributed by atoms with E-state index in [1.807, 2.05) is 18.8 Å². The summed E-state index contributed by atoms with van der Waals surface area (Å²) in [6.45, 7) is 0. The first-order chi connectivity index (χ1) is 8.61. The fraction of sp³-hybridized carbons (Fsp3) is 0.583. The maximum atomic E-state index is 4.58. The van der Waals surface area contributed by atoms with E-state index >= 15 is 0 Å². The van der Waals surface area contributed by atoms with Gasteiger partial charge in [0.25, 0.3) is 0 Å². The SMILES string of the molecule is Cn1nc(I)c(Cc2cc(CC3CC3)nn2C)n1. The van der Waals surface area contributed by atoms with E-state index in [-0.39, 0.29) is 0 Å². The number of aromatic nitrogens is 5. The second-order valence-corrected chi connectivity index (χ2v) is 6.02. The van der Waals surface area contributed by atoms with Gasteiger partial charge in [-0.1, -0.05) is 0 Å². The molecule has 0 radical (unpaired) electrons. The maximum Gasteiger partial charge on any atom is 0.147 e. The molecule has 3 rings (SSSR count). The summed E-state index contributed by atoms with van der Waals surface area (Å²) in [4.78, 5) is 1.62. The molecular formula is C12H16IN5. The summed E-state index contributed by atoms with van der Waals surface area (Å²) >= 11 is 2.23. The molecule has 96 valence electrons. The molecule has 1 saturated carbocycles. The molecule has 0 spiro atoms. The van der Waals surface area contributed by atoms with Crippen LogP contribution in [0, 0.1) is 9.62 Å². The van der Waals surface area contributed by atoms with Crippen LogP contribution < -0.4 is 0 Å². The second kappa shape index (κ2) is 4.64. The minimum Gasteiger partial charge on any atom is -0.272 e. The molecule has 0 atom stereocenters. The predicted octanol–water partition coefficient (Wildman–Crippen LogP) is 1.70. The lowest BCUT2D eigenvalue weighted by molar-refractivity contribution is 0.640. The van der Waals surface area contributed by atoms with Gasteiger partial charge < -0.3 is 0 Å². The fourth-order valence-corrected chi connectivity index (χ4v) is 2.77. The van der Waals surface area contributed by atoms with E-state index in [0.717, 1.165) is 28.2 Å². The van der Waals surface area contributed by atoms with Crippen molar-refractivity contribution in [2.24, 2.45) is 20.0 Å². The number of aryl methyl sites for hydroxylation is 2. The van der Waals surface area contributed by atoms with E-state index < -0.39 is 0 Å². The van der Waals surface area contributed by atoms with Crippen LogP contribution in [0.5, 0.6) is 0 Å². The first-order valence-electron chi connectivity index (χ1n) is 6.19. The number of halogens is 1. The zero-order valence-electron chi connectivity index (χ0n) is 10.6. The highest BCUT2D eigenvalue weighted by Crippen LogP contribution is 2.32. The van der Waals surface area contributed by atoms with E-state index in [2.05, 4.69) is 44.0 Å². The Kier molecular flexibility index (Phi) is 3.13. The smallest absolute Gasteiger partial charge is 0.147 e. The van der Waals surface area contributed by atoms with Crippen molar-refractivity contribution in [3.8, 4) is 0 Å². The van der Waals surface area contributed by atoms with Crippen LogP contribution in [0.25, 0.3) is 0 Å². The first kappa shape index (κ1) is 12.1. The summed E-state index contributed by atoms with van der Waals surface area (Å²) in [5.41, 5.74) is 3.46. The lowest BCUT2D eigenvalue weighted by Gasteiger charge is -1.97. The number of nitrogens with zero attached hydrogens (tertiary/aromatic N) is 5. The molecule has 5 nitrogen and oxygen atoms in total. The summed E-state index contributed by atoms with van der Waals surface area (Å²) in [6.07, 6.45) is 4.67. The quantitative estimate of drug-likeness (QED) is 0.783. The lowest BCUT2D eigenvalue weighted by Crippen LogP contribution is -2.01. The topological polar surface area (TPSA) is 48.5 Å². The molecule has 0 aromatic carbocycles. The molecule has 18 heavy (non-hydrogen) atoms. The third kappa shape index (κ3) is 2.57. The van der Waals surface area contributed by atoms with Gasteiger partial charge in [0.15, 0.2) is 0 Å². The van der Waals surface area contributed by atoms with Crippen LogP contribution in [-0.4, -0.2) is 24.8 Å². The van der Waals surface area contributed by atoms with Crippen molar-refractivity contribution in [2.45, 2.75) is 25.7 Å². The standard InChI is InChI=1S/C12H16IN5/c1-17-10(6-9(14-17)5-8-3-4-8)7-11-12(13)16-18(2)15-11/h6,8H,3-5,7H2,1-2H3.